The molecule has 1 aromatic heterocycles. The number of rotatable bonds is 3. The van der Waals surface area contributed by atoms with Crippen molar-refractivity contribution in [3.05, 3.63) is 58.2 Å². The van der Waals surface area contributed by atoms with Gasteiger partial charge in [-0.3, -0.25) is 4.79 Å². The quantitative estimate of drug-likeness (QED) is 0.561. The first-order valence-electron chi connectivity index (χ1n) is 6.35. The first kappa shape index (κ1) is 13.7. The van der Waals surface area contributed by atoms with Crippen LogP contribution in [0.5, 0.6) is 5.75 Å². The lowest BCUT2D eigenvalue weighted by molar-refractivity contribution is 0.104. The number of aromatic nitrogens is 1. The Morgan fingerprint density at radius 3 is 2.86 bits per heavy atom. The van der Waals surface area contributed by atoms with Crippen LogP contribution >= 0.6 is 15.9 Å². The maximum atomic E-state index is 12.7. The molecule has 0 aliphatic carbocycles. The Morgan fingerprint density at radius 2 is 2.10 bits per heavy atom. The van der Waals surface area contributed by atoms with Crippen LogP contribution in [0.15, 0.2) is 47.1 Å². The molecule has 106 valence electrons. The number of hydrogen-bond donors (Lipinski definition) is 2. The zero-order valence-electron chi connectivity index (χ0n) is 11.3. The van der Waals surface area contributed by atoms with Gasteiger partial charge < -0.3 is 15.5 Å². The van der Waals surface area contributed by atoms with Gasteiger partial charge in [0.2, 0.25) is 0 Å². The number of methoxy groups -OCH3 is 1. The summed E-state index contributed by atoms with van der Waals surface area (Å²) in [6, 6.07) is 10.8. The number of H-pyrrole nitrogens is 1. The van der Waals surface area contributed by atoms with E-state index in [1.807, 2.05) is 18.2 Å². The highest BCUT2D eigenvalue weighted by Crippen LogP contribution is 2.30. The lowest BCUT2D eigenvalue weighted by Crippen LogP contribution is -2.02. The molecule has 1 heterocycles. The summed E-state index contributed by atoms with van der Waals surface area (Å²) in [5.74, 6) is 0.422. The summed E-state index contributed by atoms with van der Waals surface area (Å²) < 4.78 is 6.05. The summed E-state index contributed by atoms with van der Waals surface area (Å²) in [4.78, 5) is 15.8. The Bertz CT molecular complexity index is 839. The molecule has 0 amide bonds. The van der Waals surface area contributed by atoms with Gasteiger partial charge in [0.25, 0.3) is 0 Å². The highest BCUT2D eigenvalue weighted by Gasteiger charge is 2.17. The molecule has 0 atom stereocenters. The number of ketones is 1. The van der Waals surface area contributed by atoms with Gasteiger partial charge in [-0.25, -0.2) is 0 Å². The monoisotopic (exact) mass is 344 g/mol. The van der Waals surface area contributed by atoms with Gasteiger partial charge >= 0.3 is 0 Å². The number of anilines is 1. The predicted molar refractivity (Wildman–Crippen MR) is 86.8 cm³/mol. The minimum absolute atomic E-state index is 0.0774. The first-order chi connectivity index (χ1) is 10.1. The summed E-state index contributed by atoms with van der Waals surface area (Å²) in [5, 5.41) is 0.873. The lowest BCUT2D eigenvalue weighted by Gasteiger charge is -2.07. The highest BCUT2D eigenvalue weighted by molar-refractivity contribution is 9.10. The van der Waals surface area contributed by atoms with E-state index in [4.69, 9.17) is 10.5 Å². The Hall–Kier alpha value is -2.27. The molecule has 3 aromatic rings. The van der Waals surface area contributed by atoms with E-state index >= 15 is 0 Å². The second kappa shape index (κ2) is 5.26. The van der Waals surface area contributed by atoms with Gasteiger partial charge in [0.15, 0.2) is 5.78 Å². The first-order valence-corrected chi connectivity index (χ1v) is 7.15. The number of nitrogens with one attached hydrogen (secondary N) is 1. The van der Waals surface area contributed by atoms with Crippen LogP contribution in [0.2, 0.25) is 0 Å². The van der Waals surface area contributed by atoms with Crippen molar-refractivity contribution in [2.24, 2.45) is 0 Å². The minimum atomic E-state index is -0.0774. The van der Waals surface area contributed by atoms with Crippen molar-refractivity contribution in [2.75, 3.05) is 12.8 Å². The molecule has 21 heavy (non-hydrogen) atoms. The van der Waals surface area contributed by atoms with Gasteiger partial charge in [0, 0.05) is 32.7 Å². The molecule has 3 rings (SSSR count). The second-order valence-electron chi connectivity index (χ2n) is 4.65. The maximum absolute atomic E-state index is 12.7. The van der Waals surface area contributed by atoms with Crippen LogP contribution in [0.3, 0.4) is 0 Å². The van der Waals surface area contributed by atoms with Crippen LogP contribution in [0.4, 0.5) is 5.69 Å². The number of nitrogen functional groups attached to an aromatic ring is 1. The second-order valence-corrected chi connectivity index (χ2v) is 5.50. The van der Waals surface area contributed by atoms with E-state index in [0.29, 0.717) is 22.6 Å². The van der Waals surface area contributed by atoms with Gasteiger partial charge in [0.05, 0.1) is 12.8 Å². The topological polar surface area (TPSA) is 68.1 Å². The molecule has 0 spiro atoms. The number of nitrogens with two attached hydrogens (primary N) is 1. The molecule has 0 fully saturated rings. The average Bonchev–Trinajstić information content (AvgIpc) is 2.92. The van der Waals surface area contributed by atoms with E-state index in [0.717, 1.165) is 15.4 Å². The van der Waals surface area contributed by atoms with Crippen LogP contribution < -0.4 is 10.5 Å². The number of carbonyl (C=O) groups excluding carboxylic acids is 1. The molecular weight excluding hydrogens is 332 g/mol. The molecule has 0 bridgehead atoms. The van der Waals surface area contributed by atoms with E-state index in [1.54, 1.807) is 24.4 Å². The maximum Gasteiger partial charge on any atom is 0.195 e. The third-order valence-electron chi connectivity index (χ3n) is 3.40. The van der Waals surface area contributed by atoms with E-state index in [2.05, 4.69) is 20.9 Å². The molecule has 0 aliphatic heterocycles. The lowest BCUT2D eigenvalue weighted by atomic mass is 10.0. The third-order valence-corrected chi connectivity index (χ3v) is 4.06. The van der Waals surface area contributed by atoms with Crippen LogP contribution in [-0.2, 0) is 0 Å². The van der Waals surface area contributed by atoms with E-state index in [9.17, 15) is 4.79 Å². The predicted octanol–water partition coefficient (Wildman–Crippen LogP) is 3.75. The number of halogens is 1. The van der Waals surface area contributed by atoms with Gasteiger partial charge in [-0.1, -0.05) is 22.0 Å². The molecule has 0 radical (unpaired) electrons. The van der Waals surface area contributed by atoms with Crippen LogP contribution in [0, 0.1) is 0 Å². The molecule has 3 N–H and O–H groups in total. The van der Waals surface area contributed by atoms with E-state index in [-0.39, 0.29) is 5.78 Å². The standard InChI is InChI=1S/C16H13BrN2O2/c1-21-14-7-9(5-6-12(14)18)16(20)10-8-19-13-4-2-3-11(17)15(10)13/h2-8,19H,18H2,1H3. The molecule has 0 unspecified atom stereocenters. The molecule has 2 aromatic carbocycles. The van der Waals surface area contributed by atoms with Crippen molar-refractivity contribution >= 4 is 38.3 Å². The fourth-order valence-electron chi connectivity index (χ4n) is 2.33. The number of benzene rings is 2. The summed E-state index contributed by atoms with van der Waals surface area (Å²) in [5.41, 5.74) is 8.36. The number of ether oxygens (including phenoxy) is 1. The van der Waals surface area contributed by atoms with Gasteiger partial charge in [-0.05, 0) is 30.3 Å². The minimum Gasteiger partial charge on any atom is -0.495 e. The van der Waals surface area contributed by atoms with Crippen molar-refractivity contribution in [1.82, 2.24) is 4.98 Å². The van der Waals surface area contributed by atoms with Gasteiger partial charge in [0.1, 0.15) is 5.75 Å². The smallest absolute Gasteiger partial charge is 0.195 e. The number of hydrogen-bond acceptors (Lipinski definition) is 3. The number of aromatic amines is 1. The third kappa shape index (κ3) is 2.29. The van der Waals surface area contributed by atoms with E-state index < -0.39 is 0 Å². The fourth-order valence-corrected chi connectivity index (χ4v) is 2.91. The Labute approximate surface area is 130 Å². The zero-order chi connectivity index (χ0) is 15.0. The van der Waals surface area contributed by atoms with Gasteiger partial charge in [-0.15, -0.1) is 0 Å². The fraction of sp³-hybridized carbons (Fsp3) is 0.0625. The molecule has 4 nitrogen and oxygen atoms in total. The Balaban J connectivity index is 2.13. The van der Waals surface area contributed by atoms with Crippen LogP contribution in [0.25, 0.3) is 10.9 Å². The molecule has 0 saturated carbocycles. The number of fused-ring (bicyclic) bond motifs is 1. The average molecular weight is 345 g/mol. The molecule has 0 aliphatic rings. The van der Waals surface area contributed by atoms with Crippen molar-refractivity contribution in [2.45, 2.75) is 0 Å². The zero-order valence-corrected chi connectivity index (χ0v) is 12.9. The van der Waals surface area contributed by atoms with Crippen molar-refractivity contribution in [3.63, 3.8) is 0 Å². The SMILES string of the molecule is COc1cc(C(=O)c2c[nH]c3cccc(Br)c23)ccc1N. The normalized spacial score (nSPS) is 10.8. The largest absolute Gasteiger partial charge is 0.495 e. The summed E-state index contributed by atoms with van der Waals surface area (Å²) in [6.07, 6.45) is 1.72. The van der Waals surface area contributed by atoms with Crippen molar-refractivity contribution in [3.8, 4) is 5.75 Å². The van der Waals surface area contributed by atoms with Crippen molar-refractivity contribution in [1.29, 1.82) is 0 Å². The molecular formula is C16H13BrN2O2. The Kier molecular flexibility index (Phi) is 3.43. The summed E-state index contributed by atoms with van der Waals surface area (Å²) in [7, 11) is 1.53. The molecule has 5 heteroatoms. The highest BCUT2D eigenvalue weighted by atomic mass is 79.9. The number of carbonyl (C=O) groups is 1. The Morgan fingerprint density at radius 1 is 1.29 bits per heavy atom. The summed E-state index contributed by atoms with van der Waals surface area (Å²) >= 11 is 3.49. The van der Waals surface area contributed by atoms with Crippen LogP contribution in [0.1, 0.15) is 15.9 Å². The summed E-state index contributed by atoms with van der Waals surface area (Å²) in [6.45, 7) is 0. The molecule has 0 saturated heterocycles. The van der Waals surface area contributed by atoms with Gasteiger partial charge in [-0.2, -0.15) is 0 Å². The van der Waals surface area contributed by atoms with E-state index in [1.165, 1.54) is 7.11 Å². The van der Waals surface area contributed by atoms with Crippen LogP contribution in [-0.4, -0.2) is 17.9 Å². The van der Waals surface area contributed by atoms with Crippen molar-refractivity contribution < 1.29 is 9.53 Å².